The molecule has 1 heterocycles. The monoisotopic (exact) mass is 575 g/mol. The average Bonchev–Trinajstić information content (AvgIpc) is 3.72. The molecule has 1 saturated heterocycles. The van der Waals surface area contributed by atoms with Crippen LogP contribution in [0.25, 0.3) is 0 Å². The molecule has 3 unspecified atom stereocenters. The van der Waals surface area contributed by atoms with E-state index in [1.54, 1.807) is 48.5 Å². The highest BCUT2D eigenvalue weighted by molar-refractivity contribution is 6.30. The number of nitrogens with one attached hydrogen (secondary N) is 2. The molecule has 2 fully saturated rings. The van der Waals surface area contributed by atoms with Gasteiger partial charge in [-0.15, -0.1) is 0 Å². The number of β-amino-alcohol motifs (C(OH)–C–C–N with tert-alkyl or cyclic N) is 1. The number of rotatable bonds is 8. The first kappa shape index (κ1) is 28.6. The summed E-state index contributed by atoms with van der Waals surface area (Å²) in [6.45, 7) is -0.0532. The second-order valence-electron chi connectivity index (χ2n) is 10.8. The number of benzene rings is 3. The molecule has 3 aromatic carbocycles. The van der Waals surface area contributed by atoms with Crippen LogP contribution in [-0.2, 0) is 10.3 Å². The number of nitrogens with two attached hydrogens (primary N) is 1. The fourth-order valence-electron chi connectivity index (χ4n) is 5.29. The number of halogens is 2. The molecule has 1 aliphatic carbocycles. The third-order valence-corrected chi connectivity index (χ3v) is 8.08. The van der Waals surface area contributed by atoms with Crippen molar-refractivity contribution in [2.24, 2.45) is 11.7 Å². The van der Waals surface area contributed by atoms with Crippen LogP contribution in [0.2, 0.25) is 5.02 Å². The molecule has 1 aliphatic heterocycles. The van der Waals surface area contributed by atoms with Crippen molar-refractivity contribution in [1.29, 1.82) is 5.26 Å². The lowest BCUT2D eigenvalue weighted by molar-refractivity contribution is -0.119. The molecule has 5 rings (SSSR count). The van der Waals surface area contributed by atoms with E-state index in [4.69, 9.17) is 17.3 Å². The molecule has 3 atom stereocenters. The predicted molar refractivity (Wildman–Crippen MR) is 155 cm³/mol. The van der Waals surface area contributed by atoms with E-state index in [-0.39, 0.29) is 18.7 Å². The lowest BCUT2D eigenvalue weighted by Gasteiger charge is -2.32. The van der Waals surface area contributed by atoms with E-state index < -0.39 is 35.4 Å². The van der Waals surface area contributed by atoms with Crippen LogP contribution in [-0.4, -0.2) is 40.6 Å². The van der Waals surface area contributed by atoms with Gasteiger partial charge < -0.3 is 26.4 Å². The second-order valence-corrected chi connectivity index (χ2v) is 11.3. The number of aliphatic hydroxyl groups is 1. The van der Waals surface area contributed by atoms with Gasteiger partial charge in [-0.2, -0.15) is 5.26 Å². The van der Waals surface area contributed by atoms with Gasteiger partial charge in [0.25, 0.3) is 0 Å². The Kier molecular flexibility index (Phi) is 8.27. The Morgan fingerprint density at radius 2 is 1.83 bits per heavy atom. The maximum absolute atomic E-state index is 15.1. The molecule has 1 saturated carbocycles. The van der Waals surface area contributed by atoms with E-state index in [1.165, 1.54) is 17.0 Å². The summed E-state index contributed by atoms with van der Waals surface area (Å²) >= 11 is 5.91. The predicted octanol–water partition coefficient (Wildman–Crippen LogP) is 5.35. The topological polar surface area (TPSA) is 131 Å². The number of likely N-dealkylation sites (tertiary alicyclic amines) is 1. The summed E-state index contributed by atoms with van der Waals surface area (Å²) < 4.78 is 15.1. The second kappa shape index (κ2) is 11.9. The number of nitrogens with zero attached hydrogens (tertiary/aromatic N) is 2. The van der Waals surface area contributed by atoms with Crippen LogP contribution in [0.1, 0.15) is 48.8 Å². The highest BCUT2D eigenvalue weighted by Gasteiger charge is 2.40. The standard InChI is InChI=1S/C31H31ClFN5O3/c32-23-7-9-24(10-8-23)36-30(41)38-18-25(39)16-28(38)29(40)37-27-15-22(6-11-26(27)33)31(35,13-12-19-4-5-19)21-3-1-2-20(14-21)17-34/h1-3,6-11,14-15,19,25,28,39H,4-5,12-13,16,18,35H2,(H,36,41)(H,37,40). The zero-order valence-corrected chi connectivity index (χ0v) is 23.1. The zero-order chi connectivity index (χ0) is 29.1. The minimum absolute atomic E-state index is 0.00431. The van der Waals surface area contributed by atoms with Gasteiger partial charge in [0.15, 0.2) is 0 Å². The zero-order valence-electron chi connectivity index (χ0n) is 22.3. The molecule has 0 spiro atoms. The number of aliphatic hydroxyl groups excluding tert-OH is 1. The smallest absolute Gasteiger partial charge is 0.322 e. The molecule has 0 aromatic heterocycles. The SMILES string of the molecule is N#Cc1cccc(C(N)(CCC2CC2)c2ccc(F)c(NC(=O)C3CC(O)CN3C(=O)Nc3ccc(Cl)cc3)c2)c1. The van der Waals surface area contributed by atoms with Crippen molar-refractivity contribution in [3.8, 4) is 6.07 Å². The number of carbonyl (C=O) groups excluding carboxylic acids is 2. The summed E-state index contributed by atoms with van der Waals surface area (Å²) in [5.74, 6) is -0.695. The van der Waals surface area contributed by atoms with Crippen LogP contribution in [0, 0.1) is 23.1 Å². The molecule has 8 nitrogen and oxygen atoms in total. The summed E-state index contributed by atoms with van der Waals surface area (Å²) in [7, 11) is 0. The first-order valence-corrected chi connectivity index (χ1v) is 14.0. The van der Waals surface area contributed by atoms with Gasteiger partial charge in [-0.1, -0.05) is 42.6 Å². The molecule has 5 N–H and O–H groups in total. The molecule has 3 aromatic rings. The van der Waals surface area contributed by atoms with Gasteiger partial charge in [0.05, 0.1) is 29.0 Å². The van der Waals surface area contributed by atoms with Gasteiger partial charge in [-0.05, 0) is 78.4 Å². The highest BCUT2D eigenvalue weighted by atomic mass is 35.5. The lowest BCUT2D eigenvalue weighted by Crippen LogP contribution is -2.45. The molecule has 0 bridgehead atoms. The third-order valence-electron chi connectivity index (χ3n) is 7.83. The van der Waals surface area contributed by atoms with E-state index in [9.17, 15) is 20.0 Å². The van der Waals surface area contributed by atoms with E-state index >= 15 is 4.39 Å². The Morgan fingerprint density at radius 1 is 1.10 bits per heavy atom. The Bertz CT molecular complexity index is 1490. The minimum atomic E-state index is -1.02. The Balaban J connectivity index is 1.38. The summed E-state index contributed by atoms with van der Waals surface area (Å²) in [5.41, 5.74) is 8.20. The van der Waals surface area contributed by atoms with E-state index in [1.807, 2.05) is 6.07 Å². The number of nitriles is 1. The van der Waals surface area contributed by atoms with E-state index in [0.717, 1.165) is 24.8 Å². The number of hydrogen-bond donors (Lipinski definition) is 4. The Morgan fingerprint density at radius 3 is 2.54 bits per heavy atom. The minimum Gasteiger partial charge on any atom is -0.391 e. The number of anilines is 2. The van der Waals surface area contributed by atoms with Gasteiger partial charge in [0.2, 0.25) is 5.91 Å². The van der Waals surface area contributed by atoms with E-state index in [0.29, 0.717) is 34.2 Å². The molecule has 2 aliphatic rings. The fourth-order valence-corrected chi connectivity index (χ4v) is 5.42. The van der Waals surface area contributed by atoms with Crippen LogP contribution in [0.3, 0.4) is 0 Å². The van der Waals surface area contributed by atoms with Crippen molar-refractivity contribution < 1.29 is 19.1 Å². The van der Waals surface area contributed by atoms with Crippen molar-refractivity contribution in [2.75, 3.05) is 17.2 Å². The van der Waals surface area contributed by atoms with Gasteiger partial charge in [-0.3, -0.25) is 4.79 Å². The van der Waals surface area contributed by atoms with Crippen molar-refractivity contribution in [1.82, 2.24) is 4.90 Å². The van der Waals surface area contributed by atoms with Crippen molar-refractivity contribution in [3.05, 3.63) is 94.3 Å². The van der Waals surface area contributed by atoms with Gasteiger partial charge >= 0.3 is 6.03 Å². The Labute approximate surface area is 242 Å². The van der Waals surface area contributed by atoms with Crippen molar-refractivity contribution in [3.63, 3.8) is 0 Å². The van der Waals surface area contributed by atoms with Crippen molar-refractivity contribution >= 4 is 34.9 Å². The number of carbonyl (C=O) groups is 2. The highest BCUT2D eigenvalue weighted by Crippen LogP contribution is 2.40. The molecule has 3 amide bonds. The summed E-state index contributed by atoms with van der Waals surface area (Å²) in [6, 6.07) is 18.5. The van der Waals surface area contributed by atoms with Gasteiger partial charge in [0.1, 0.15) is 11.9 Å². The van der Waals surface area contributed by atoms with Gasteiger partial charge in [0, 0.05) is 23.7 Å². The maximum atomic E-state index is 15.1. The first-order chi connectivity index (χ1) is 19.7. The summed E-state index contributed by atoms with van der Waals surface area (Å²) in [4.78, 5) is 27.6. The number of hydrogen-bond acceptors (Lipinski definition) is 5. The average molecular weight is 576 g/mol. The Hall–Kier alpha value is -3.97. The quantitative estimate of drug-likeness (QED) is 0.287. The molecule has 212 valence electrons. The van der Waals surface area contributed by atoms with Crippen molar-refractivity contribution in [2.45, 2.75) is 49.8 Å². The maximum Gasteiger partial charge on any atom is 0.322 e. The van der Waals surface area contributed by atoms with Crippen LogP contribution in [0.15, 0.2) is 66.7 Å². The summed E-state index contributed by atoms with van der Waals surface area (Å²) in [6.07, 6.45) is 2.85. The molecule has 0 radical (unpaired) electrons. The largest absolute Gasteiger partial charge is 0.391 e. The molecular formula is C31H31ClFN5O3. The van der Waals surface area contributed by atoms with Gasteiger partial charge in [-0.25, -0.2) is 9.18 Å². The van der Waals surface area contributed by atoms with Crippen LogP contribution in [0.5, 0.6) is 0 Å². The van der Waals surface area contributed by atoms with Crippen LogP contribution in [0.4, 0.5) is 20.6 Å². The third kappa shape index (κ3) is 6.51. The number of urea groups is 1. The van der Waals surface area contributed by atoms with Crippen LogP contribution >= 0.6 is 11.6 Å². The van der Waals surface area contributed by atoms with Crippen LogP contribution < -0.4 is 16.4 Å². The van der Waals surface area contributed by atoms with E-state index in [2.05, 4.69) is 16.7 Å². The number of amides is 3. The molecular weight excluding hydrogens is 545 g/mol. The first-order valence-electron chi connectivity index (χ1n) is 13.6. The lowest BCUT2D eigenvalue weighted by atomic mass is 9.79. The normalized spacial score (nSPS) is 19.7. The summed E-state index contributed by atoms with van der Waals surface area (Å²) in [5, 5.41) is 25.6. The molecule has 10 heteroatoms. The molecule has 41 heavy (non-hydrogen) atoms. The fraction of sp³-hybridized carbons (Fsp3) is 0.323.